The van der Waals surface area contributed by atoms with E-state index in [0.29, 0.717) is 18.2 Å². The summed E-state index contributed by atoms with van der Waals surface area (Å²) >= 11 is 0. The zero-order chi connectivity index (χ0) is 17.7. The average molecular weight is 344 g/mol. The van der Waals surface area contributed by atoms with Gasteiger partial charge in [0.25, 0.3) is 5.69 Å². The van der Waals surface area contributed by atoms with E-state index in [1.54, 1.807) is 0 Å². The average Bonchev–Trinajstić information content (AvgIpc) is 2.55. The lowest BCUT2D eigenvalue weighted by atomic mass is 9.99. The number of hydrogen-bond acceptors (Lipinski definition) is 5. The highest BCUT2D eigenvalue weighted by Gasteiger charge is 2.26. The highest BCUT2D eigenvalue weighted by molar-refractivity contribution is 5.54. The molecule has 1 heterocycles. The van der Waals surface area contributed by atoms with Gasteiger partial charge in [-0.25, -0.2) is 0 Å². The SMILES string of the molecule is CCC1CCCCN1Cc1cc(OC)c(OC(F)F)cc1[N+](=O)[O-]. The lowest BCUT2D eigenvalue weighted by Crippen LogP contribution is -2.38. The van der Waals surface area contributed by atoms with Crippen LogP contribution in [0.2, 0.25) is 0 Å². The second kappa shape index (κ2) is 8.23. The fourth-order valence-electron chi connectivity index (χ4n) is 3.18. The number of rotatable bonds is 7. The maximum Gasteiger partial charge on any atom is 0.387 e. The second-order valence-electron chi connectivity index (χ2n) is 5.80. The molecule has 8 heteroatoms. The quantitative estimate of drug-likeness (QED) is 0.553. The van der Waals surface area contributed by atoms with Gasteiger partial charge in [0.2, 0.25) is 0 Å². The van der Waals surface area contributed by atoms with E-state index in [0.717, 1.165) is 38.3 Å². The van der Waals surface area contributed by atoms with Gasteiger partial charge < -0.3 is 9.47 Å². The minimum Gasteiger partial charge on any atom is -0.493 e. The molecule has 0 radical (unpaired) electrons. The number of alkyl halides is 2. The van der Waals surface area contributed by atoms with Crippen molar-refractivity contribution in [1.82, 2.24) is 4.90 Å². The maximum atomic E-state index is 12.5. The van der Waals surface area contributed by atoms with Crippen molar-refractivity contribution in [2.45, 2.75) is 51.8 Å². The fraction of sp³-hybridized carbons (Fsp3) is 0.625. The van der Waals surface area contributed by atoms with Crippen molar-refractivity contribution in [3.8, 4) is 11.5 Å². The minimum atomic E-state index is -3.07. The Morgan fingerprint density at radius 3 is 2.71 bits per heavy atom. The van der Waals surface area contributed by atoms with Crippen molar-refractivity contribution in [3.05, 3.63) is 27.8 Å². The van der Waals surface area contributed by atoms with Gasteiger partial charge in [-0.05, 0) is 31.9 Å². The van der Waals surface area contributed by atoms with Crippen LogP contribution >= 0.6 is 0 Å². The van der Waals surface area contributed by atoms with Crippen LogP contribution in [0.1, 0.15) is 38.2 Å². The predicted octanol–water partition coefficient (Wildman–Crippen LogP) is 3.97. The molecule has 24 heavy (non-hydrogen) atoms. The van der Waals surface area contributed by atoms with Crippen LogP contribution < -0.4 is 9.47 Å². The highest BCUT2D eigenvalue weighted by Crippen LogP contribution is 2.37. The van der Waals surface area contributed by atoms with E-state index in [2.05, 4.69) is 16.6 Å². The number of nitro benzene ring substituents is 1. The first-order valence-corrected chi connectivity index (χ1v) is 8.00. The number of ether oxygens (including phenoxy) is 2. The van der Waals surface area contributed by atoms with E-state index in [4.69, 9.17) is 4.74 Å². The molecule has 1 aliphatic rings. The standard InChI is InChI=1S/C16H22F2N2O4/c1-3-12-6-4-5-7-19(12)10-11-8-14(23-2)15(24-16(17)18)9-13(11)20(21)22/h8-9,12,16H,3-7,10H2,1-2H3. The topological polar surface area (TPSA) is 64.8 Å². The Labute approximate surface area is 139 Å². The number of hydrogen-bond donors (Lipinski definition) is 0. The van der Waals surface area contributed by atoms with Crippen molar-refractivity contribution in [2.75, 3.05) is 13.7 Å². The van der Waals surface area contributed by atoms with Gasteiger partial charge in [0, 0.05) is 18.2 Å². The normalized spacial score (nSPS) is 18.6. The largest absolute Gasteiger partial charge is 0.493 e. The molecular weight excluding hydrogens is 322 g/mol. The van der Waals surface area contributed by atoms with E-state index in [1.165, 1.54) is 13.2 Å². The maximum absolute atomic E-state index is 12.5. The van der Waals surface area contributed by atoms with Crippen molar-refractivity contribution in [1.29, 1.82) is 0 Å². The monoisotopic (exact) mass is 344 g/mol. The number of benzene rings is 1. The van der Waals surface area contributed by atoms with Gasteiger partial charge in [-0.1, -0.05) is 13.3 Å². The molecule has 0 amide bonds. The molecule has 1 fully saturated rings. The third-order valence-electron chi connectivity index (χ3n) is 4.37. The lowest BCUT2D eigenvalue weighted by molar-refractivity contribution is -0.385. The van der Waals surface area contributed by atoms with Crippen molar-refractivity contribution >= 4 is 5.69 Å². The summed E-state index contributed by atoms with van der Waals surface area (Å²) in [6.45, 7) is 0.279. The molecule has 1 aromatic rings. The number of halogens is 2. The zero-order valence-electron chi connectivity index (χ0n) is 13.8. The molecule has 1 aliphatic heterocycles. The number of methoxy groups -OCH3 is 1. The molecule has 1 unspecified atom stereocenters. The number of nitro groups is 1. The summed E-state index contributed by atoms with van der Waals surface area (Å²) in [6, 6.07) is 2.82. The van der Waals surface area contributed by atoms with Gasteiger partial charge in [0.05, 0.1) is 18.1 Å². The third kappa shape index (κ3) is 4.31. The van der Waals surface area contributed by atoms with Crippen molar-refractivity contribution in [3.63, 3.8) is 0 Å². The molecule has 0 N–H and O–H groups in total. The molecule has 0 spiro atoms. The Balaban J connectivity index is 2.35. The molecule has 1 aromatic carbocycles. The number of piperidine rings is 1. The summed E-state index contributed by atoms with van der Waals surface area (Å²) in [5.74, 6) is -0.255. The summed E-state index contributed by atoms with van der Waals surface area (Å²) in [7, 11) is 1.32. The Bertz CT molecular complexity index is 583. The third-order valence-corrected chi connectivity index (χ3v) is 4.37. The first-order chi connectivity index (χ1) is 11.5. The van der Waals surface area contributed by atoms with Crippen LogP contribution in [-0.4, -0.2) is 36.1 Å². The van der Waals surface area contributed by atoms with Gasteiger partial charge in [0.15, 0.2) is 11.5 Å². The van der Waals surface area contributed by atoms with Gasteiger partial charge in [-0.15, -0.1) is 0 Å². The van der Waals surface area contributed by atoms with Crippen LogP contribution in [0.25, 0.3) is 0 Å². The first kappa shape index (κ1) is 18.4. The van der Waals surface area contributed by atoms with Gasteiger partial charge >= 0.3 is 6.61 Å². The molecule has 6 nitrogen and oxygen atoms in total. The Morgan fingerprint density at radius 1 is 1.38 bits per heavy atom. The van der Waals surface area contributed by atoms with Crippen LogP contribution in [0.15, 0.2) is 12.1 Å². The molecule has 0 saturated carbocycles. The fourth-order valence-corrected chi connectivity index (χ4v) is 3.18. The summed E-state index contributed by atoms with van der Waals surface area (Å²) in [4.78, 5) is 13.0. The van der Waals surface area contributed by atoms with Crippen LogP contribution in [0.5, 0.6) is 11.5 Å². The zero-order valence-corrected chi connectivity index (χ0v) is 13.8. The van der Waals surface area contributed by atoms with Gasteiger partial charge in [-0.2, -0.15) is 8.78 Å². The first-order valence-electron chi connectivity index (χ1n) is 8.00. The summed E-state index contributed by atoms with van der Waals surface area (Å²) in [5.41, 5.74) is 0.214. The number of likely N-dealkylation sites (tertiary alicyclic amines) is 1. The van der Waals surface area contributed by atoms with Crippen LogP contribution in [0.4, 0.5) is 14.5 Å². The van der Waals surface area contributed by atoms with E-state index in [-0.39, 0.29) is 17.2 Å². The Hall–Kier alpha value is -1.96. The van der Waals surface area contributed by atoms with Crippen LogP contribution in [0.3, 0.4) is 0 Å². The van der Waals surface area contributed by atoms with E-state index >= 15 is 0 Å². The van der Waals surface area contributed by atoms with Gasteiger partial charge in [0.1, 0.15) is 0 Å². The molecule has 1 saturated heterocycles. The molecule has 0 aromatic heterocycles. The van der Waals surface area contributed by atoms with Crippen LogP contribution in [0, 0.1) is 10.1 Å². The second-order valence-corrected chi connectivity index (χ2v) is 5.80. The van der Waals surface area contributed by atoms with E-state index < -0.39 is 11.5 Å². The lowest BCUT2D eigenvalue weighted by Gasteiger charge is -2.35. The van der Waals surface area contributed by atoms with E-state index in [9.17, 15) is 18.9 Å². The highest BCUT2D eigenvalue weighted by atomic mass is 19.3. The summed E-state index contributed by atoms with van der Waals surface area (Å²) in [6.07, 6.45) is 4.24. The minimum absolute atomic E-state index is 0.0703. The predicted molar refractivity (Wildman–Crippen MR) is 84.6 cm³/mol. The molecule has 0 bridgehead atoms. The molecule has 2 rings (SSSR count). The molecule has 0 aliphatic carbocycles. The van der Waals surface area contributed by atoms with E-state index in [1.807, 2.05) is 0 Å². The van der Waals surface area contributed by atoms with Crippen LogP contribution in [-0.2, 0) is 6.54 Å². The van der Waals surface area contributed by atoms with Crippen molar-refractivity contribution < 1.29 is 23.2 Å². The molecular formula is C16H22F2N2O4. The van der Waals surface area contributed by atoms with Crippen molar-refractivity contribution in [2.24, 2.45) is 0 Å². The summed E-state index contributed by atoms with van der Waals surface area (Å²) in [5, 5.41) is 11.4. The molecule has 1 atom stereocenters. The summed E-state index contributed by atoms with van der Waals surface area (Å²) < 4.78 is 34.4. The number of nitrogens with zero attached hydrogens (tertiary/aromatic N) is 2. The van der Waals surface area contributed by atoms with Gasteiger partial charge in [-0.3, -0.25) is 15.0 Å². The Kier molecular flexibility index (Phi) is 6.30. The molecule has 134 valence electrons. The smallest absolute Gasteiger partial charge is 0.387 e. The Morgan fingerprint density at radius 2 is 2.12 bits per heavy atom.